The fourth-order valence-corrected chi connectivity index (χ4v) is 2.75. The van der Waals surface area contributed by atoms with Crippen LogP contribution in [0.5, 0.6) is 0 Å². The Morgan fingerprint density at radius 1 is 1.29 bits per heavy atom. The van der Waals surface area contributed by atoms with Gasteiger partial charge in [0.25, 0.3) is 0 Å². The summed E-state index contributed by atoms with van der Waals surface area (Å²) >= 11 is 0. The van der Waals surface area contributed by atoms with Gasteiger partial charge in [-0.3, -0.25) is 0 Å². The molecule has 0 aliphatic heterocycles. The van der Waals surface area contributed by atoms with E-state index in [1.165, 1.54) is 25.7 Å². The Kier molecular flexibility index (Phi) is 3.85. The van der Waals surface area contributed by atoms with Crippen LogP contribution < -0.4 is 5.32 Å². The Hall–Kier alpha value is -0.860. The predicted octanol–water partition coefficient (Wildman–Crippen LogP) is 2.73. The first-order chi connectivity index (χ1) is 8.09. The molecule has 0 aromatic heterocycles. The number of aliphatic hydroxyl groups is 1. The highest BCUT2D eigenvalue weighted by Gasteiger charge is 2.26. The molecule has 17 heavy (non-hydrogen) atoms. The summed E-state index contributed by atoms with van der Waals surface area (Å²) in [5.41, 5.74) is 1.42. The fourth-order valence-electron chi connectivity index (χ4n) is 2.75. The summed E-state index contributed by atoms with van der Waals surface area (Å²) in [5, 5.41) is 14.1. The van der Waals surface area contributed by atoms with Crippen LogP contribution in [0.25, 0.3) is 0 Å². The third kappa shape index (κ3) is 3.08. The van der Waals surface area contributed by atoms with Crippen molar-refractivity contribution < 1.29 is 5.11 Å². The first kappa shape index (κ1) is 12.6. The Labute approximate surface area is 104 Å². The van der Waals surface area contributed by atoms with Gasteiger partial charge in [0.15, 0.2) is 0 Å². The number of aryl methyl sites for hydroxylation is 1. The average Bonchev–Trinajstić information content (AvgIpc) is 2.80. The highest BCUT2D eigenvalue weighted by Crippen LogP contribution is 2.24. The molecule has 1 aromatic carbocycles. The van der Waals surface area contributed by atoms with Gasteiger partial charge < -0.3 is 10.4 Å². The minimum absolute atomic E-state index is 0.602. The van der Waals surface area contributed by atoms with Crippen molar-refractivity contribution in [3.63, 3.8) is 0 Å². The molecule has 2 N–H and O–H groups in total. The minimum atomic E-state index is -0.770. The van der Waals surface area contributed by atoms with E-state index in [-0.39, 0.29) is 0 Å². The van der Waals surface area contributed by atoms with Crippen LogP contribution in [0.15, 0.2) is 24.3 Å². The van der Waals surface area contributed by atoms with Crippen molar-refractivity contribution in [2.24, 2.45) is 0 Å². The van der Waals surface area contributed by atoms with Crippen molar-refractivity contribution in [2.75, 3.05) is 6.54 Å². The smallest absolute Gasteiger partial charge is 0.0994 e. The summed E-state index contributed by atoms with van der Waals surface area (Å²) in [4.78, 5) is 0. The van der Waals surface area contributed by atoms with Gasteiger partial charge in [-0.25, -0.2) is 0 Å². The molecule has 0 spiro atoms. The molecule has 0 heterocycles. The highest BCUT2D eigenvalue weighted by molar-refractivity contribution is 5.31. The summed E-state index contributed by atoms with van der Waals surface area (Å²) < 4.78 is 0. The molecule has 2 rings (SSSR count). The Balaban J connectivity index is 2.00. The largest absolute Gasteiger partial charge is 0.384 e. The molecule has 1 unspecified atom stereocenters. The fraction of sp³-hybridized carbons (Fsp3) is 0.600. The lowest BCUT2D eigenvalue weighted by atomic mass is 9.91. The number of hydrogen-bond donors (Lipinski definition) is 2. The molecule has 1 aliphatic carbocycles. The minimum Gasteiger partial charge on any atom is -0.384 e. The molecular formula is C15H23NO. The van der Waals surface area contributed by atoms with Gasteiger partial charge in [0.05, 0.1) is 5.60 Å². The lowest BCUT2D eigenvalue weighted by molar-refractivity contribution is 0.0534. The molecule has 1 aromatic rings. The Morgan fingerprint density at radius 2 is 1.94 bits per heavy atom. The van der Waals surface area contributed by atoms with E-state index >= 15 is 0 Å². The van der Waals surface area contributed by atoms with E-state index in [1.54, 1.807) is 0 Å². The van der Waals surface area contributed by atoms with Gasteiger partial charge in [-0.15, -0.1) is 0 Å². The molecule has 1 fully saturated rings. The Morgan fingerprint density at radius 3 is 2.59 bits per heavy atom. The number of rotatable bonds is 4. The molecule has 1 atom stereocenters. The molecule has 1 aliphatic rings. The van der Waals surface area contributed by atoms with Crippen LogP contribution in [-0.2, 0) is 5.60 Å². The zero-order chi connectivity index (χ0) is 12.3. The first-order valence-electron chi connectivity index (χ1n) is 6.61. The van der Waals surface area contributed by atoms with Crippen LogP contribution in [0, 0.1) is 6.92 Å². The summed E-state index contributed by atoms with van der Waals surface area (Å²) in [6, 6.07) is 8.68. The molecule has 0 radical (unpaired) electrons. The maximum Gasteiger partial charge on any atom is 0.0994 e. The summed E-state index contributed by atoms with van der Waals surface area (Å²) in [6.07, 6.45) is 5.15. The van der Waals surface area contributed by atoms with E-state index < -0.39 is 5.60 Å². The molecule has 2 heteroatoms. The van der Waals surface area contributed by atoms with Gasteiger partial charge in [-0.1, -0.05) is 37.1 Å². The van der Waals surface area contributed by atoms with Gasteiger partial charge in [0, 0.05) is 12.6 Å². The van der Waals surface area contributed by atoms with Gasteiger partial charge >= 0.3 is 0 Å². The van der Waals surface area contributed by atoms with Crippen molar-refractivity contribution in [3.05, 3.63) is 35.4 Å². The van der Waals surface area contributed by atoms with E-state index in [0.29, 0.717) is 12.6 Å². The lowest BCUT2D eigenvalue weighted by Gasteiger charge is -2.27. The van der Waals surface area contributed by atoms with Crippen LogP contribution in [0.3, 0.4) is 0 Å². The second-order valence-corrected chi connectivity index (χ2v) is 5.45. The van der Waals surface area contributed by atoms with Crippen LogP contribution in [0.4, 0.5) is 0 Å². The van der Waals surface area contributed by atoms with E-state index in [9.17, 15) is 5.11 Å². The maximum absolute atomic E-state index is 10.6. The molecule has 1 saturated carbocycles. The summed E-state index contributed by atoms with van der Waals surface area (Å²) in [7, 11) is 0. The molecule has 2 nitrogen and oxygen atoms in total. The first-order valence-corrected chi connectivity index (χ1v) is 6.61. The van der Waals surface area contributed by atoms with E-state index in [4.69, 9.17) is 0 Å². The lowest BCUT2D eigenvalue weighted by Crippen LogP contribution is -2.40. The molecule has 94 valence electrons. The maximum atomic E-state index is 10.6. The van der Waals surface area contributed by atoms with Gasteiger partial charge in [-0.2, -0.15) is 0 Å². The molecule has 0 bridgehead atoms. The van der Waals surface area contributed by atoms with Crippen LogP contribution in [0.2, 0.25) is 0 Å². The van der Waals surface area contributed by atoms with E-state index in [2.05, 4.69) is 18.3 Å². The standard InChI is InChI=1S/C15H23NO/c1-12-7-3-6-10-14(12)15(2,17)11-16-13-8-4-5-9-13/h3,6-7,10,13,16-17H,4-5,8-9,11H2,1-2H3. The summed E-state index contributed by atoms with van der Waals surface area (Å²) in [5.74, 6) is 0. The quantitative estimate of drug-likeness (QED) is 0.838. The third-order valence-corrected chi connectivity index (χ3v) is 3.82. The third-order valence-electron chi connectivity index (χ3n) is 3.82. The predicted molar refractivity (Wildman–Crippen MR) is 71.0 cm³/mol. The van der Waals surface area contributed by atoms with Crippen molar-refractivity contribution >= 4 is 0 Å². The van der Waals surface area contributed by atoms with Crippen molar-refractivity contribution in [2.45, 2.75) is 51.2 Å². The molecule has 0 amide bonds. The van der Waals surface area contributed by atoms with Crippen molar-refractivity contribution in [3.8, 4) is 0 Å². The van der Waals surface area contributed by atoms with E-state index in [1.807, 2.05) is 25.1 Å². The van der Waals surface area contributed by atoms with Crippen LogP contribution >= 0.6 is 0 Å². The van der Waals surface area contributed by atoms with E-state index in [0.717, 1.165) is 11.1 Å². The van der Waals surface area contributed by atoms with Gasteiger partial charge in [-0.05, 0) is 37.8 Å². The normalized spacial score (nSPS) is 20.4. The average molecular weight is 233 g/mol. The van der Waals surface area contributed by atoms with Crippen molar-refractivity contribution in [1.29, 1.82) is 0 Å². The van der Waals surface area contributed by atoms with Gasteiger partial charge in [0.1, 0.15) is 0 Å². The monoisotopic (exact) mass is 233 g/mol. The number of hydrogen-bond acceptors (Lipinski definition) is 2. The number of benzene rings is 1. The molecular weight excluding hydrogens is 210 g/mol. The van der Waals surface area contributed by atoms with Gasteiger partial charge in [0.2, 0.25) is 0 Å². The summed E-state index contributed by atoms with van der Waals surface area (Å²) in [6.45, 7) is 4.60. The Bertz CT molecular complexity index is 367. The topological polar surface area (TPSA) is 32.3 Å². The zero-order valence-electron chi connectivity index (χ0n) is 10.9. The van der Waals surface area contributed by atoms with Crippen LogP contribution in [0.1, 0.15) is 43.7 Å². The highest BCUT2D eigenvalue weighted by atomic mass is 16.3. The zero-order valence-corrected chi connectivity index (χ0v) is 10.9. The van der Waals surface area contributed by atoms with Crippen molar-refractivity contribution in [1.82, 2.24) is 5.32 Å². The van der Waals surface area contributed by atoms with Crippen LogP contribution in [-0.4, -0.2) is 17.7 Å². The second-order valence-electron chi connectivity index (χ2n) is 5.45. The second kappa shape index (κ2) is 5.19. The molecule has 0 saturated heterocycles. The number of nitrogens with one attached hydrogen (secondary N) is 1. The SMILES string of the molecule is Cc1ccccc1C(C)(O)CNC1CCCC1.